The van der Waals surface area contributed by atoms with Crippen LogP contribution in [0.1, 0.15) is 22.0 Å². The number of anilines is 1. The monoisotopic (exact) mass is 338 g/mol. The number of carbonyl (C=O) groups is 1. The molecule has 0 spiro atoms. The van der Waals surface area contributed by atoms with Crippen molar-refractivity contribution in [3.63, 3.8) is 0 Å². The smallest absolute Gasteiger partial charge is 0.246 e. The van der Waals surface area contributed by atoms with Crippen molar-refractivity contribution in [2.24, 2.45) is 5.73 Å². The Morgan fingerprint density at radius 3 is 2.53 bits per heavy atom. The van der Waals surface area contributed by atoms with Crippen molar-refractivity contribution in [1.82, 2.24) is 0 Å². The molecule has 1 unspecified atom stereocenters. The van der Waals surface area contributed by atoms with E-state index in [2.05, 4.69) is 21.2 Å². The van der Waals surface area contributed by atoms with Crippen molar-refractivity contribution in [2.75, 3.05) is 5.32 Å². The zero-order valence-electron chi connectivity index (χ0n) is 10.7. The average molecular weight is 339 g/mol. The lowest BCUT2D eigenvalue weighted by atomic mass is 10.1. The van der Waals surface area contributed by atoms with Gasteiger partial charge in [-0.25, -0.2) is 0 Å². The van der Waals surface area contributed by atoms with E-state index in [9.17, 15) is 4.79 Å². The summed E-state index contributed by atoms with van der Waals surface area (Å²) in [6, 6.07) is 6.99. The Bertz CT molecular complexity index is 572. The summed E-state index contributed by atoms with van der Waals surface area (Å²) in [4.78, 5) is 12.9. The molecule has 0 aliphatic carbocycles. The summed E-state index contributed by atoms with van der Waals surface area (Å²) in [6.45, 7) is 3.98. The molecule has 0 fully saturated rings. The third-order valence-electron chi connectivity index (χ3n) is 2.84. The number of rotatable bonds is 3. The fourth-order valence-corrected chi connectivity index (χ4v) is 2.79. The topological polar surface area (TPSA) is 55.1 Å². The van der Waals surface area contributed by atoms with E-state index in [1.54, 1.807) is 0 Å². The van der Waals surface area contributed by atoms with Gasteiger partial charge in [0.25, 0.3) is 0 Å². The van der Waals surface area contributed by atoms with Gasteiger partial charge in [0, 0.05) is 15.0 Å². The fraction of sp³-hybridized carbons (Fsp3) is 0.214. The van der Waals surface area contributed by atoms with Crippen LogP contribution in [0.3, 0.4) is 0 Å². The predicted molar refractivity (Wildman–Crippen MR) is 83.5 cm³/mol. The first kappa shape index (κ1) is 14.2. The quantitative estimate of drug-likeness (QED) is 0.894. The maximum Gasteiger partial charge on any atom is 0.246 e. The van der Waals surface area contributed by atoms with Crippen LogP contribution >= 0.6 is 27.3 Å². The van der Waals surface area contributed by atoms with Crippen molar-refractivity contribution in [1.29, 1.82) is 0 Å². The molecule has 5 heteroatoms. The third kappa shape index (κ3) is 3.23. The second kappa shape index (κ2) is 5.86. The average Bonchev–Trinajstić information content (AvgIpc) is 2.88. The molecule has 3 nitrogen and oxygen atoms in total. The SMILES string of the molecule is Cc1cc(NC(=O)C(N)c2cccs2)cc(C)c1Br. The standard InChI is InChI=1S/C14H15BrN2OS/c1-8-6-10(7-9(2)12(8)15)17-14(18)13(16)11-4-3-5-19-11/h3-7,13H,16H2,1-2H3,(H,17,18). The summed E-state index contributed by atoms with van der Waals surface area (Å²) < 4.78 is 1.06. The molecule has 0 aliphatic rings. The Balaban J connectivity index is 2.15. The Hall–Kier alpha value is -1.17. The van der Waals surface area contributed by atoms with Gasteiger partial charge >= 0.3 is 0 Å². The summed E-state index contributed by atoms with van der Waals surface area (Å²) in [6.07, 6.45) is 0. The van der Waals surface area contributed by atoms with Gasteiger partial charge in [-0.05, 0) is 48.6 Å². The highest BCUT2D eigenvalue weighted by atomic mass is 79.9. The molecule has 2 aromatic rings. The Labute approximate surface area is 125 Å². The van der Waals surface area contributed by atoms with Crippen LogP contribution in [0.5, 0.6) is 0 Å². The van der Waals surface area contributed by atoms with Crippen LogP contribution in [-0.4, -0.2) is 5.91 Å². The molecular weight excluding hydrogens is 324 g/mol. The molecule has 100 valence electrons. The van der Waals surface area contributed by atoms with Crippen LogP contribution in [0.25, 0.3) is 0 Å². The normalized spacial score (nSPS) is 12.2. The van der Waals surface area contributed by atoms with Crippen molar-refractivity contribution in [2.45, 2.75) is 19.9 Å². The summed E-state index contributed by atoms with van der Waals surface area (Å²) in [7, 11) is 0. The first-order valence-corrected chi connectivity index (χ1v) is 7.53. The number of halogens is 1. The van der Waals surface area contributed by atoms with Gasteiger partial charge in [-0.15, -0.1) is 11.3 Å². The lowest BCUT2D eigenvalue weighted by molar-refractivity contribution is -0.117. The lowest BCUT2D eigenvalue weighted by Crippen LogP contribution is -2.27. The number of carbonyl (C=O) groups excluding carboxylic acids is 1. The molecule has 0 saturated carbocycles. The van der Waals surface area contributed by atoms with E-state index >= 15 is 0 Å². The predicted octanol–water partition coefficient (Wildman–Crippen LogP) is 3.77. The minimum Gasteiger partial charge on any atom is -0.324 e. The largest absolute Gasteiger partial charge is 0.324 e. The number of hydrogen-bond acceptors (Lipinski definition) is 3. The molecule has 0 radical (unpaired) electrons. The number of benzene rings is 1. The van der Waals surface area contributed by atoms with Crippen molar-refractivity contribution in [3.05, 3.63) is 50.1 Å². The molecule has 0 bridgehead atoms. The molecule has 0 aliphatic heterocycles. The van der Waals surface area contributed by atoms with Crippen molar-refractivity contribution in [3.8, 4) is 0 Å². The molecular formula is C14H15BrN2OS. The summed E-state index contributed by atoms with van der Waals surface area (Å²) in [5, 5.41) is 4.77. The van der Waals surface area contributed by atoms with E-state index in [0.717, 1.165) is 26.2 Å². The van der Waals surface area contributed by atoms with Gasteiger partial charge in [0.15, 0.2) is 0 Å². The van der Waals surface area contributed by atoms with E-state index in [4.69, 9.17) is 5.73 Å². The zero-order valence-corrected chi connectivity index (χ0v) is 13.1. The first-order valence-electron chi connectivity index (χ1n) is 5.85. The molecule has 1 aromatic heterocycles. The molecule has 3 N–H and O–H groups in total. The minimum atomic E-state index is -0.621. The fourth-order valence-electron chi connectivity index (χ4n) is 1.84. The third-order valence-corrected chi connectivity index (χ3v) is 5.04. The highest BCUT2D eigenvalue weighted by Crippen LogP contribution is 2.26. The number of aryl methyl sites for hydroxylation is 2. The highest BCUT2D eigenvalue weighted by Gasteiger charge is 2.17. The van der Waals surface area contributed by atoms with Gasteiger partial charge in [0.05, 0.1) is 0 Å². The summed E-state index contributed by atoms with van der Waals surface area (Å²) in [5.41, 5.74) is 8.87. The van der Waals surface area contributed by atoms with Crippen molar-refractivity contribution >= 4 is 38.9 Å². The van der Waals surface area contributed by atoms with Crippen molar-refractivity contribution < 1.29 is 4.79 Å². The van der Waals surface area contributed by atoms with E-state index in [1.807, 2.05) is 43.5 Å². The van der Waals surface area contributed by atoms with Crippen LogP contribution in [0, 0.1) is 13.8 Å². The Kier molecular flexibility index (Phi) is 4.39. The molecule has 1 atom stereocenters. The van der Waals surface area contributed by atoms with E-state index in [1.165, 1.54) is 11.3 Å². The van der Waals surface area contributed by atoms with Crippen LogP contribution in [0.4, 0.5) is 5.69 Å². The van der Waals surface area contributed by atoms with Crippen LogP contribution in [0.2, 0.25) is 0 Å². The van der Waals surface area contributed by atoms with Gasteiger partial charge in [0.2, 0.25) is 5.91 Å². The Morgan fingerprint density at radius 1 is 1.37 bits per heavy atom. The van der Waals surface area contributed by atoms with Crippen LogP contribution < -0.4 is 11.1 Å². The minimum absolute atomic E-state index is 0.191. The lowest BCUT2D eigenvalue weighted by Gasteiger charge is -2.13. The molecule has 1 heterocycles. The van der Waals surface area contributed by atoms with E-state index < -0.39 is 6.04 Å². The highest BCUT2D eigenvalue weighted by molar-refractivity contribution is 9.10. The Morgan fingerprint density at radius 2 is 2.00 bits per heavy atom. The molecule has 2 rings (SSSR count). The number of thiophene rings is 1. The molecule has 0 saturated heterocycles. The van der Waals surface area contributed by atoms with E-state index in [-0.39, 0.29) is 5.91 Å². The summed E-state index contributed by atoms with van der Waals surface area (Å²) >= 11 is 4.99. The van der Waals surface area contributed by atoms with Crippen LogP contribution in [0.15, 0.2) is 34.1 Å². The molecule has 1 amide bonds. The van der Waals surface area contributed by atoms with Gasteiger partial charge in [-0.3, -0.25) is 4.79 Å². The number of hydrogen-bond donors (Lipinski definition) is 2. The molecule has 19 heavy (non-hydrogen) atoms. The maximum absolute atomic E-state index is 12.1. The second-order valence-corrected chi connectivity index (χ2v) is 6.18. The summed E-state index contributed by atoms with van der Waals surface area (Å²) in [5.74, 6) is -0.191. The first-order chi connectivity index (χ1) is 8.99. The number of nitrogens with two attached hydrogens (primary N) is 1. The van der Waals surface area contributed by atoms with Gasteiger partial charge in [0.1, 0.15) is 6.04 Å². The molecule has 1 aromatic carbocycles. The van der Waals surface area contributed by atoms with Gasteiger partial charge in [-0.1, -0.05) is 22.0 Å². The number of nitrogens with one attached hydrogen (secondary N) is 1. The van der Waals surface area contributed by atoms with Crippen LogP contribution in [-0.2, 0) is 4.79 Å². The number of amides is 1. The second-order valence-electron chi connectivity index (χ2n) is 4.41. The van der Waals surface area contributed by atoms with Gasteiger partial charge < -0.3 is 11.1 Å². The maximum atomic E-state index is 12.1. The zero-order chi connectivity index (χ0) is 14.0. The van der Waals surface area contributed by atoms with E-state index in [0.29, 0.717) is 0 Å². The van der Waals surface area contributed by atoms with Gasteiger partial charge in [-0.2, -0.15) is 0 Å².